The molecule has 3 N–H and O–H groups in total. The summed E-state index contributed by atoms with van der Waals surface area (Å²) in [6, 6.07) is 5.52. The Morgan fingerprint density at radius 2 is 1.81 bits per heavy atom. The van der Waals surface area contributed by atoms with Gasteiger partial charge < -0.3 is 9.47 Å². The van der Waals surface area contributed by atoms with Crippen LogP contribution in [0.3, 0.4) is 0 Å². The Hall–Kier alpha value is -2.92. The fourth-order valence-corrected chi connectivity index (χ4v) is 4.23. The smallest absolute Gasteiger partial charge is 0.349 e. The third kappa shape index (κ3) is 3.97. The van der Waals surface area contributed by atoms with Crippen LogP contribution in [-0.2, 0) is 13.2 Å². The number of anilines is 2. The van der Waals surface area contributed by atoms with Gasteiger partial charge in [-0.15, -0.1) is 0 Å². The number of benzene rings is 1. The van der Waals surface area contributed by atoms with E-state index in [1.54, 1.807) is 12.1 Å². The van der Waals surface area contributed by atoms with Crippen LogP contribution >= 0.6 is 0 Å². The van der Waals surface area contributed by atoms with Crippen molar-refractivity contribution < 1.29 is 13.2 Å². The van der Waals surface area contributed by atoms with Crippen LogP contribution in [0.2, 0.25) is 0 Å². The van der Waals surface area contributed by atoms with E-state index in [1.165, 1.54) is 0 Å². The number of piperazine rings is 1. The molecule has 0 aliphatic carbocycles. The number of hydrazine groups is 1. The molecule has 172 valence electrons. The molecule has 3 aromatic rings. The first-order valence-electron chi connectivity index (χ1n) is 10.5. The van der Waals surface area contributed by atoms with Crippen molar-refractivity contribution in [2.75, 3.05) is 30.0 Å². The molecule has 1 fully saturated rings. The molecule has 1 aliphatic rings. The normalized spacial score (nSPS) is 18.9. The summed E-state index contributed by atoms with van der Waals surface area (Å²) in [5.41, 5.74) is 4.19. The lowest BCUT2D eigenvalue weighted by Gasteiger charge is -2.43. The number of nitrogens with one attached hydrogen (secondary N) is 1. The first-order chi connectivity index (χ1) is 15.1. The maximum atomic E-state index is 12.9. The van der Waals surface area contributed by atoms with Crippen LogP contribution in [0.25, 0.3) is 11.2 Å². The van der Waals surface area contributed by atoms with Crippen LogP contribution in [0, 0.1) is 6.92 Å². The zero-order valence-electron chi connectivity index (χ0n) is 18.5. The first-order valence-corrected chi connectivity index (χ1v) is 10.5. The second kappa shape index (κ2) is 8.21. The zero-order valence-corrected chi connectivity index (χ0v) is 18.5. The molecule has 8 nitrogen and oxygen atoms in total. The van der Waals surface area contributed by atoms with Gasteiger partial charge in [-0.3, -0.25) is 10.3 Å². The highest BCUT2D eigenvalue weighted by Gasteiger charge is 2.32. The Kier molecular flexibility index (Phi) is 5.72. The fraction of sp³-hybridized carbons (Fsp3) is 0.476. The molecule has 0 saturated carbocycles. The molecule has 4 rings (SSSR count). The number of nitrogen functional groups attached to an aromatic ring is 1. The number of nitrogens with two attached hydrogens (primary N) is 1. The lowest BCUT2D eigenvalue weighted by Crippen LogP contribution is -2.53. The number of fused-ring (bicyclic) bond motifs is 1. The molecule has 2 aromatic heterocycles. The third-order valence-corrected chi connectivity index (χ3v) is 6.25. The number of rotatable bonds is 4. The molecule has 0 spiro atoms. The van der Waals surface area contributed by atoms with Crippen LogP contribution in [-0.4, -0.2) is 50.1 Å². The van der Waals surface area contributed by atoms with E-state index in [0.717, 1.165) is 47.9 Å². The predicted octanol–water partition coefficient (Wildman–Crippen LogP) is 3.25. The van der Waals surface area contributed by atoms with Crippen molar-refractivity contribution in [3.63, 3.8) is 0 Å². The molecule has 0 radical (unpaired) electrons. The van der Waals surface area contributed by atoms with Crippen molar-refractivity contribution in [2.24, 2.45) is 12.9 Å². The van der Waals surface area contributed by atoms with Gasteiger partial charge in [0, 0.05) is 38.8 Å². The van der Waals surface area contributed by atoms with Gasteiger partial charge in [-0.1, -0.05) is 12.1 Å². The average molecular weight is 448 g/mol. The lowest BCUT2D eigenvalue weighted by molar-refractivity contribution is -0.137. The minimum Gasteiger partial charge on any atom is -0.349 e. The summed E-state index contributed by atoms with van der Waals surface area (Å²) in [6.45, 7) is 8.18. The number of alkyl halides is 3. The van der Waals surface area contributed by atoms with Crippen molar-refractivity contribution >= 4 is 22.9 Å². The SMILES string of the molecule is Cc1nc2c(N3CCN(C(C)c4ccc(C(F)(F)F)cc4)CC3C)nc(NN)nc2n1C. The molecule has 0 bridgehead atoms. The van der Waals surface area contributed by atoms with Gasteiger partial charge in [0.1, 0.15) is 5.82 Å². The van der Waals surface area contributed by atoms with Gasteiger partial charge in [0.15, 0.2) is 17.0 Å². The van der Waals surface area contributed by atoms with Gasteiger partial charge >= 0.3 is 6.18 Å². The highest BCUT2D eigenvalue weighted by atomic mass is 19.4. The summed E-state index contributed by atoms with van der Waals surface area (Å²) in [5.74, 6) is 7.46. The zero-order chi connectivity index (χ0) is 23.2. The largest absolute Gasteiger partial charge is 0.416 e. The van der Waals surface area contributed by atoms with Crippen molar-refractivity contribution in [3.8, 4) is 0 Å². The highest BCUT2D eigenvalue weighted by Crippen LogP contribution is 2.33. The minimum absolute atomic E-state index is 0.00864. The fourth-order valence-electron chi connectivity index (χ4n) is 4.23. The van der Waals surface area contributed by atoms with Gasteiger partial charge in [-0.2, -0.15) is 23.1 Å². The van der Waals surface area contributed by atoms with Crippen molar-refractivity contribution in [3.05, 3.63) is 41.2 Å². The Morgan fingerprint density at radius 3 is 2.41 bits per heavy atom. The summed E-state index contributed by atoms with van der Waals surface area (Å²) in [5, 5.41) is 0. The highest BCUT2D eigenvalue weighted by molar-refractivity contribution is 5.85. The molecule has 2 atom stereocenters. The maximum absolute atomic E-state index is 12.9. The van der Waals surface area contributed by atoms with Gasteiger partial charge in [0.2, 0.25) is 5.95 Å². The van der Waals surface area contributed by atoms with Gasteiger partial charge in [-0.25, -0.2) is 10.8 Å². The summed E-state index contributed by atoms with van der Waals surface area (Å²) >= 11 is 0. The van der Waals surface area contributed by atoms with E-state index < -0.39 is 11.7 Å². The maximum Gasteiger partial charge on any atom is 0.416 e. The topological polar surface area (TPSA) is 88.1 Å². The monoisotopic (exact) mass is 448 g/mol. The number of aryl methyl sites for hydroxylation is 2. The molecular formula is C21H27F3N8. The van der Waals surface area contributed by atoms with Crippen LogP contribution in [0.15, 0.2) is 24.3 Å². The first kappa shape index (κ1) is 22.3. The third-order valence-electron chi connectivity index (χ3n) is 6.25. The van der Waals surface area contributed by atoms with Crippen molar-refractivity contribution in [1.82, 2.24) is 24.4 Å². The molecule has 2 unspecified atom stereocenters. The Morgan fingerprint density at radius 1 is 1.12 bits per heavy atom. The number of halogens is 3. The number of nitrogens with zero attached hydrogens (tertiary/aromatic N) is 6. The molecule has 0 amide bonds. The summed E-state index contributed by atoms with van der Waals surface area (Å²) in [7, 11) is 1.90. The minimum atomic E-state index is -4.33. The molecule has 1 aliphatic heterocycles. The Bertz CT molecular complexity index is 1110. The second-order valence-corrected chi connectivity index (χ2v) is 8.24. The van der Waals surface area contributed by atoms with Crippen LogP contribution < -0.4 is 16.2 Å². The number of hydrogen-bond donors (Lipinski definition) is 2. The van der Waals surface area contributed by atoms with E-state index in [0.29, 0.717) is 18.1 Å². The second-order valence-electron chi connectivity index (χ2n) is 8.24. The average Bonchev–Trinajstić information content (AvgIpc) is 3.06. The van der Waals surface area contributed by atoms with E-state index in [9.17, 15) is 13.2 Å². The molecule has 11 heteroatoms. The summed E-state index contributed by atoms with van der Waals surface area (Å²) in [6.07, 6.45) is -4.33. The van der Waals surface area contributed by atoms with E-state index in [-0.39, 0.29) is 12.1 Å². The van der Waals surface area contributed by atoms with Gasteiger partial charge in [-0.05, 0) is 38.5 Å². The predicted molar refractivity (Wildman–Crippen MR) is 117 cm³/mol. The number of aromatic nitrogens is 4. The molecular weight excluding hydrogens is 421 g/mol. The standard InChI is InChI=1S/C21H27F3N8/c1-12-11-31(13(2)15-5-7-16(8-6-15)21(22,23)24)9-10-32(12)19-17-18(27-20(28-19)29-25)30(4)14(3)26-17/h5-8,12-13H,9-11,25H2,1-4H3,(H,27,28,29). The van der Waals surface area contributed by atoms with Gasteiger partial charge in [0.25, 0.3) is 0 Å². The summed E-state index contributed by atoms with van der Waals surface area (Å²) in [4.78, 5) is 18.1. The lowest BCUT2D eigenvalue weighted by atomic mass is 10.0. The summed E-state index contributed by atoms with van der Waals surface area (Å²) < 4.78 is 40.5. The number of imidazole rings is 1. The Labute approximate surface area is 184 Å². The molecule has 1 aromatic carbocycles. The van der Waals surface area contributed by atoms with Crippen LogP contribution in [0.1, 0.15) is 36.8 Å². The van der Waals surface area contributed by atoms with Crippen LogP contribution in [0.4, 0.5) is 24.9 Å². The quantitative estimate of drug-likeness (QED) is 0.468. The van der Waals surface area contributed by atoms with Crippen LogP contribution in [0.5, 0.6) is 0 Å². The van der Waals surface area contributed by atoms with E-state index in [2.05, 4.69) is 37.1 Å². The van der Waals surface area contributed by atoms with E-state index >= 15 is 0 Å². The van der Waals surface area contributed by atoms with Gasteiger partial charge in [0.05, 0.1) is 5.56 Å². The van der Waals surface area contributed by atoms with E-state index in [4.69, 9.17) is 5.84 Å². The molecule has 3 heterocycles. The van der Waals surface area contributed by atoms with Crippen molar-refractivity contribution in [1.29, 1.82) is 0 Å². The molecule has 32 heavy (non-hydrogen) atoms. The molecule has 1 saturated heterocycles. The van der Waals surface area contributed by atoms with E-state index in [1.807, 2.05) is 25.5 Å². The Balaban J connectivity index is 1.56. The van der Waals surface area contributed by atoms with Crippen molar-refractivity contribution in [2.45, 2.75) is 39.0 Å². The number of hydrogen-bond acceptors (Lipinski definition) is 7.